The van der Waals surface area contributed by atoms with Crippen molar-refractivity contribution in [1.82, 2.24) is 20.3 Å². The van der Waals surface area contributed by atoms with Gasteiger partial charge in [-0.2, -0.15) is 5.10 Å². The number of hydrogen-bond acceptors (Lipinski definition) is 4. The molecule has 0 atom stereocenters. The van der Waals surface area contributed by atoms with Crippen LogP contribution in [0.25, 0.3) is 11.3 Å². The molecule has 6 heteroatoms. The van der Waals surface area contributed by atoms with Crippen molar-refractivity contribution in [1.29, 1.82) is 0 Å². The maximum absolute atomic E-state index is 12.4. The van der Waals surface area contributed by atoms with Gasteiger partial charge in [0.1, 0.15) is 0 Å². The number of carbonyl (C=O) groups is 1. The molecule has 6 nitrogen and oxygen atoms in total. The minimum Gasteiger partial charge on any atom is -0.355 e. The van der Waals surface area contributed by atoms with E-state index in [1.807, 2.05) is 41.2 Å². The summed E-state index contributed by atoms with van der Waals surface area (Å²) in [5.74, 6) is 0.882. The van der Waals surface area contributed by atoms with Crippen LogP contribution in [0.15, 0.2) is 53.3 Å². The summed E-state index contributed by atoms with van der Waals surface area (Å²) < 4.78 is 7.31. The second-order valence-corrected chi connectivity index (χ2v) is 7.15. The van der Waals surface area contributed by atoms with Crippen molar-refractivity contribution >= 4 is 5.91 Å². The highest BCUT2D eigenvalue weighted by Gasteiger charge is 2.33. The van der Waals surface area contributed by atoms with Gasteiger partial charge in [0.05, 0.1) is 12.2 Å². The lowest BCUT2D eigenvalue weighted by molar-refractivity contribution is 0.0879. The second-order valence-electron chi connectivity index (χ2n) is 7.15. The summed E-state index contributed by atoms with van der Waals surface area (Å²) in [5.41, 5.74) is 2.46. The van der Waals surface area contributed by atoms with Crippen molar-refractivity contribution in [2.24, 2.45) is 0 Å². The first-order valence-corrected chi connectivity index (χ1v) is 8.97. The lowest BCUT2D eigenvalue weighted by Crippen LogP contribution is -2.45. The Labute approximate surface area is 152 Å². The van der Waals surface area contributed by atoms with Crippen LogP contribution >= 0.6 is 0 Å². The Kier molecular flexibility index (Phi) is 4.32. The Hall–Kier alpha value is -2.89. The third-order valence-corrected chi connectivity index (χ3v) is 4.91. The highest BCUT2D eigenvalue weighted by atomic mass is 16.5. The van der Waals surface area contributed by atoms with Crippen molar-refractivity contribution in [3.8, 4) is 11.3 Å². The van der Waals surface area contributed by atoms with E-state index in [-0.39, 0.29) is 11.9 Å². The second kappa shape index (κ2) is 6.78. The summed E-state index contributed by atoms with van der Waals surface area (Å²) in [6, 6.07) is 11.8. The van der Waals surface area contributed by atoms with E-state index in [1.54, 1.807) is 6.07 Å². The van der Waals surface area contributed by atoms with E-state index < -0.39 is 0 Å². The molecule has 1 aliphatic carbocycles. The normalized spacial score (nSPS) is 19.3. The highest BCUT2D eigenvalue weighted by molar-refractivity contribution is 5.93. The van der Waals surface area contributed by atoms with E-state index >= 15 is 0 Å². The van der Waals surface area contributed by atoms with E-state index in [4.69, 9.17) is 4.52 Å². The topological polar surface area (TPSA) is 73.0 Å². The van der Waals surface area contributed by atoms with Crippen molar-refractivity contribution in [3.63, 3.8) is 0 Å². The van der Waals surface area contributed by atoms with Crippen LogP contribution in [0.2, 0.25) is 0 Å². The van der Waals surface area contributed by atoms with E-state index in [0.717, 1.165) is 18.4 Å². The molecule has 0 unspecified atom stereocenters. The lowest BCUT2D eigenvalue weighted by atomic mass is 9.86. The van der Waals surface area contributed by atoms with Gasteiger partial charge in [-0.1, -0.05) is 49.3 Å². The standard InChI is InChI=1S/C20H22N4O2/c1-13(2)15-11-21-24(12-15)17-8-16(9-17)22-20(25)18-10-19(26-23-18)14-6-4-3-5-7-14/h3-7,10-13,16-17H,8-9H2,1-2H3,(H,22,25)/t16-,17-. The highest BCUT2D eigenvalue weighted by Crippen LogP contribution is 2.32. The fourth-order valence-corrected chi connectivity index (χ4v) is 3.15. The van der Waals surface area contributed by atoms with Crippen molar-refractivity contribution in [2.75, 3.05) is 0 Å². The lowest BCUT2D eigenvalue weighted by Gasteiger charge is -2.35. The fraction of sp³-hybridized carbons (Fsp3) is 0.350. The van der Waals surface area contributed by atoms with Crippen LogP contribution in [0.1, 0.15) is 54.7 Å². The molecule has 0 aliphatic heterocycles. The van der Waals surface area contributed by atoms with Gasteiger partial charge in [-0.3, -0.25) is 9.48 Å². The minimum absolute atomic E-state index is 0.149. The summed E-state index contributed by atoms with van der Waals surface area (Å²) in [5, 5.41) is 11.4. The minimum atomic E-state index is -0.192. The zero-order chi connectivity index (χ0) is 18.1. The molecule has 0 radical (unpaired) electrons. The Bertz CT molecular complexity index is 891. The number of benzene rings is 1. The van der Waals surface area contributed by atoms with Gasteiger partial charge in [0, 0.05) is 23.9 Å². The first-order valence-electron chi connectivity index (χ1n) is 8.97. The van der Waals surface area contributed by atoms with Gasteiger partial charge in [-0.25, -0.2) is 0 Å². The van der Waals surface area contributed by atoms with E-state index in [1.165, 1.54) is 5.56 Å². The number of carbonyl (C=O) groups excluding carboxylic acids is 1. The van der Waals surface area contributed by atoms with Crippen LogP contribution in [-0.4, -0.2) is 26.9 Å². The first kappa shape index (κ1) is 16.6. The maximum Gasteiger partial charge on any atom is 0.273 e. The van der Waals surface area contributed by atoms with Crippen LogP contribution in [0.5, 0.6) is 0 Å². The summed E-state index contributed by atoms with van der Waals surface area (Å²) in [6.07, 6.45) is 5.80. The predicted octanol–water partition coefficient (Wildman–Crippen LogP) is 3.80. The molecule has 134 valence electrons. The molecule has 26 heavy (non-hydrogen) atoms. The molecule has 0 saturated heterocycles. The summed E-state index contributed by atoms with van der Waals surface area (Å²) in [6.45, 7) is 4.32. The zero-order valence-electron chi connectivity index (χ0n) is 14.9. The first-order chi connectivity index (χ1) is 12.6. The van der Waals surface area contributed by atoms with Crippen molar-refractivity contribution < 1.29 is 9.32 Å². The third-order valence-electron chi connectivity index (χ3n) is 4.91. The molecule has 0 spiro atoms. The number of nitrogens with one attached hydrogen (secondary N) is 1. The van der Waals surface area contributed by atoms with Gasteiger partial charge < -0.3 is 9.84 Å². The van der Waals surface area contributed by atoms with E-state index in [2.05, 4.69) is 35.6 Å². The molecule has 2 heterocycles. The van der Waals surface area contributed by atoms with E-state index in [9.17, 15) is 4.79 Å². The summed E-state index contributed by atoms with van der Waals surface area (Å²) in [7, 11) is 0. The molecule has 1 aromatic carbocycles. The van der Waals surface area contributed by atoms with Gasteiger partial charge in [-0.15, -0.1) is 0 Å². The van der Waals surface area contributed by atoms with Gasteiger partial charge in [0.25, 0.3) is 5.91 Å². The van der Waals surface area contributed by atoms with Gasteiger partial charge in [0.15, 0.2) is 11.5 Å². The molecule has 1 amide bonds. The number of aromatic nitrogens is 3. The average molecular weight is 350 g/mol. The molecule has 1 fully saturated rings. The molecule has 1 N–H and O–H groups in total. The van der Waals surface area contributed by atoms with Gasteiger partial charge in [0.2, 0.25) is 0 Å². The number of nitrogens with zero attached hydrogens (tertiary/aromatic N) is 3. The summed E-state index contributed by atoms with van der Waals surface area (Å²) in [4.78, 5) is 12.4. The molecule has 1 saturated carbocycles. The smallest absolute Gasteiger partial charge is 0.273 e. The Balaban J connectivity index is 1.33. The SMILES string of the molecule is CC(C)c1cnn([C@H]2C[C@H](NC(=O)c3cc(-c4ccccc4)on3)C2)c1. The number of hydrogen-bond donors (Lipinski definition) is 1. The van der Waals surface area contributed by atoms with Crippen LogP contribution < -0.4 is 5.32 Å². The number of amides is 1. The molecule has 0 bridgehead atoms. The van der Waals surface area contributed by atoms with Crippen LogP contribution in [-0.2, 0) is 0 Å². The summed E-state index contributed by atoms with van der Waals surface area (Å²) >= 11 is 0. The average Bonchev–Trinajstić information content (AvgIpc) is 3.28. The molecule has 4 rings (SSSR count). The Morgan fingerprint density at radius 3 is 2.73 bits per heavy atom. The van der Waals surface area contributed by atoms with Crippen molar-refractivity contribution in [2.45, 2.75) is 44.7 Å². The van der Waals surface area contributed by atoms with Gasteiger partial charge >= 0.3 is 0 Å². The molecule has 2 aromatic heterocycles. The van der Waals surface area contributed by atoms with Gasteiger partial charge in [-0.05, 0) is 24.3 Å². The Morgan fingerprint density at radius 2 is 2.04 bits per heavy atom. The monoisotopic (exact) mass is 350 g/mol. The fourth-order valence-electron chi connectivity index (χ4n) is 3.15. The predicted molar refractivity (Wildman–Crippen MR) is 97.8 cm³/mol. The molecular weight excluding hydrogens is 328 g/mol. The largest absolute Gasteiger partial charge is 0.355 e. The third kappa shape index (κ3) is 3.27. The Morgan fingerprint density at radius 1 is 1.27 bits per heavy atom. The molecule has 3 aromatic rings. The van der Waals surface area contributed by atoms with E-state index in [0.29, 0.717) is 23.4 Å². The molecular formula is C20H22N4O2. The maximum atomic E-state index is 12.4. The zero-order valence-corrected chi connectivity index (χ0v) is 14.9. The molecule has 1 aliphatic rings. The number of rotatable bonds is 5. The van der Waals surface area contributed by atoms with Crippen molar-refractivity contribution in [3.05, 3.63) is 60.0 Å². The van der Waals surface area contributed by atoms with Crippen LogP contribution in [0.4, 0.5) is 0 Å². The van der Waals surface area contributed by atoms with Crippen LogP contribution in [0.3, 0.4) is 0 Å². The van der Waals surface area contributed by atoms with Crippen LogP contribution in [0, 0.1) is 0 Å². The quantitative estimate of drug-likeness (QED) is 0.760.